The van der Waals surface area contributed by atoms with Gasteiger partial charge in [0.15, 0.2) is 0 Å². The Labute approximate surface area is 124 Å². The number of carbonyl (C=O) groups excluding carboxylic acids is 1. The molecule has 0 aliphatic heterocycles. The number of carbonyl (C=O) groups is 1. The molecule has 2 aromatic rings. The summed E-state index contributed by atoms with van der Waals surface area (Å²) in [6.45, 7) is 3.85. The molecule has 0 fully saturated rings. The summed E-state index contributed by atoms with van der Waals surface area (Å²) < 4.78 is 6.96. The maximum absolute atomic E-state index is 12.0. The van der Waals surface area contributed by atoms with Gasteiger partial charge in [-0.25, -0.2) is 4.98 Å². The third-order valence-corrected chi connectivity index (χ3v) is 2.95. The SMILES string of the molecule is CCNCc1cn(CC(=O)Nc2ccccc2OC)cn1. The summed E-state index contributed by atoms with van der Waals surface area (Å²) in [4.78, 5) is 16.3. The standard InChI is InChI=1S/C15H20N4O2/c1-3-16-8-12-9-19(11-17-12)10-15(20)18-13-6-4-5-7-14(13)21-2/h4-7,9,11,16H,3,8,10H2,1-2H3,(H,18,20). The Kier molecular flexibility index (Phi) is 5.34. The van der Waals surface area contributed by atoms with Crippen LogP contribution in [0.1, 0.15) is 12.6 Å². The van der Waals surface area contributed by atoms with Crippen molar-refractivity contribution in [1.82, 2.24) is 14.9 Å². The van der Waals surface area contributed by atoms with Gasteiger partial charge < -0.3 is 19.9 Å². The lowest BCUT2D eigenvalue weighted by atomic mass is 10.3. The van der Waals surface area contributed by atoms with Gasteiger partial charge in [0, 0.05) is 12.7 Å². The van der Waals surface area contributed by atoms with E-state index in [1.54, 1.807) is 30.1 Å². The van der Waals surface area contributed by atoms with Gasteiger partial charge in [-0.2, -0.15) is 0 Å². The van der Waals surface area contributed by atoms with E-state index in [4.69, 9.17) is 4.74 Å². The van der Waals surface area contributed by atoms with Crippen LogP contribution in [-0.2, 0) is 17.9 Å². The second kappa shape index (κ2) is 7.44. The van der Waals surface area contributed by atoms with Gasteiger partial charge in [-0.3, -0.25) is 4.79 Å². The highest BCUT2D eigenvalue weighted by Gasteiger charge is 2.08. The third-order valence-electron chi connectivity index (χ3n) is 2.95. The highest BCUT2D eigenvalue weighted by molar-refractivity contribution is 5.92. The van der Waals surface area contributed by atoms with Crippen LogP contribution < -0.4 is 15.4 Å². The Hall–Kier alpha value is -2.34. The molecule has 0 saturated heterocycles. The second-order valence-electron chi connectivity index (χ2n) is 4.57. The van der Waals surface area contributed by atoms with Crippen molar-refractivity contribution in [1.29, 1.82) is 0 Å². The first-order chi connectivity index (χ1) is 10.2. The number of nitrogens with one attached hydrogen (secondary N) is 2. The lowest BCUT2D eigenvalue weighted by Crippen LogP contribution is -2.18. The molecule has 0 aliphatic carbocycles. The average Bonchev–Trinajstić information content (AvgIpc) is 2.93. The van der Waals surface area contributed by atoms with E-state index in [1.807, 2.05) is 25.3 Å². The van der Waals surface area contributed by atoms with E-state index in [0.717, 1.165) is 12.2 Å². The van der Waals surface area contributed by atoms with E-state index >= 15 is 0 Å². The van der Waals surface area contributed by atoms with E-state index in [-0.39, 0.29) is 12.5 Å². The quantitative estimate of drug-likeness (QED) is 0.812. The van der Waals surface area contributed by atoms with Gasteiger partial charge >= 0.3 is 0 Å². The summed E-state index contributed by atoms with van der Waals surface area (Å²) in [6.07, 6.45) is 3.53. The van der Waals surface area contributed by atoms with Gasteiger partial charge in [-0.1, -0.05) is 19.1 Å². The maximum atomic E-state index is 12.0. The largest absolute Gasteiger partial charge is 0.495 e. The molecule has 1 aromatic heterocycles. The van der Waals surface area contributed by atoms with Crippen molar-refractivity contribution in [2.75, 3.05) is 19.0 Å². The van der Waals surface area contributed by atoms with Crippen LogP contribution >= 0.6 is 0 Å². The summed E-state index contributed by atoms with van der Waals surface area (Å²) in [6, 6.07) is 7.32. The molecule has 0 atom stereocenters. The Morgan fingerprint density at radius 1 is 1.38 bits per heavy atom. The van der Waals surface area contributed by atoms with Crippen LogP contribution in [0.15, 0.2) is 36.8 Å². The molecule has 6 heteroatoms. The fourth-order valence-corrected chi connectivity index (χ4v) is 1.94. The van der Waals surface area contributed by atoms with Crippen molar-refractivity contribution in [3.05, 3.63) is 42.5 Å². The van der Waals surface area contributed by atoms with Crippen molar-refractivity contribution in [2.45, 2.75) is 20.0 Å². The zero-order valence-electron chi connectivity index (χ0n) is 12.3. The number of aromatic nitrogens is 2. The molecular formula is C15H20N4O2. The number of amides is 1. The topological polar surface area (TPSA) is 68.2 Å². The fourth-order valence-electron chi connectivity index (χ4n) is 1.94. The van der Waals surface area contributed by atoms with E-state index in [0.29, 0.717) is 18.0 Å². The lowest BCUT2D eigenvalue weighted by Gasteiger charge is -2.09. The molecule has 1 amide bonds. The molecule has 0 bridgehead atoms. The Bertz CT molecular complexity index is 595. The normalized spacial score (nSPS) is 10.4. The first-order valence-electron chi connectivity index (χ1n) is 6.87. The monoisotopic (exact) mass is 288 g/mol. The van der Waals surface area contributed by atoms with Gasteiger partial charge in [0.1, 0.15) is 12.3 Å². The molecule has 6 nitrogen and oxygen atoms in total. The van der Waals surface area contributed by atoms with Crippen LogP contribution in [0.3, 0.4) is 0 Å². The smallest absolute Gasteiger partial charge is 0.244 e. The molecule has 1 aromatic carbocycles. The number of methoxy groups -OCH3 is 1. The number of benzene rings is 1. The van der Waals surface area contributed by atoms with Gasteiger partial charge in [0.05, 0.1) is 24.8 Å². The number of hydrogen-bond donors (Lipinski definition) is 2. The van der Waals surface area contributed by atoms with Gasteiger partial charge in [-0.05, 0) is 18.7 Å². The fraction of sp³-hybridized carbons (Fsp3) is 0.333. The summed E-state index contributed by atoms with van der Waals surface area (Å²) in [5.74, 6) is 0.524. The van der Waals surface area contributed by atoms with Crippen molar-refractivity contribution in [2.24, 2.45) is 0 Å². The van der Waals surface area contributed by atoms with Gasteiger partial charge in [0.2, 0.25) is 5.91 Å². The van der Waals surface area contributed by atoms with Crippen molar-refractivity contribution < 1.29 is 9.53 Å². The van der Waals surface area contributed by atoms with Crippen molar-refractivity contribution >= 4 is 11.6 Å². The van der Waals surface area contributed by atoms with E-state index in [9.17, 15) is 4.79 Å². The molecular weight excluding hydrogens is 268 g/mol. The molecule has 0 spiro atoms. The Morgan fingerprint density at radius 2 is 2.19 bits per heavy atom. The molecule has 2 N–H and O–H groups in total. The lowest BCUT2D eigenvalue weighted by molar-refractivity contribution is -0.116. The van der Waals surface area contributed by atoms with E-state index in [1.165, 1.54) is 0 Å². The van der Waals surface area contributed by atoms with Crippen LogP contribution in [0, 0.1) is 0 Å². The molecule has 0 saturated carbocycles. The third kappa shape index (κ3) is 4.32. The van der Waals surface area contributed by atoms with E-state index < -0.39 is 0 Å². The molecule has 0 aliphatic rings. The predicted octanol–water partition coefficient (Wildman–Crippen LogP) is 1.64. The van der Waals surface area contributed by atoms with E-state index in [2.05, 4.69) is 15.6 Å². The number of ether oxygens (including phenoxy) is 1. The summed E-state index contributed by atoms with van der Waals surface area (Å²) in [7, 11) is 1.58. The molecule has 21 heavy (non-hydrogen) atoms. The molecule has 2 rings (SSSR count). The number of para-hydroxylation sites is 2. The van der Waals surface area contributed by atoms with Crippen LogP contribution in [0.5, 0.6) is 5.75 Å². The molecule has 112 valence electrons. The number of hydrogen-bond acceptors (Lipinski definition) is 4. The minimum absolute atomic E-state index is 0.119. The first kappa shape index (κ1) is 15.1. The maximum Gasteiger partial charge on any atom is 0.244 e. The van der Waals surface area contributed by atoms with Crippen LogP contribution in [0.2, 0.25) is 0 Å². The number of rotatable bonds is 7. The minimum atomic E-state index is -0.119. The second-order valence-corrected chi connectivity index (χ2v) is 4.57. The number of anilines is 1. The van der Waals surface area contributed by atoms with Crippen LogP contribution in [-0.4, -0.2) is 29.1 Å². The zero-order chi connectivity index (χ0) is 15.1. The van der Waals surface area contributed by atoms with Crippen LogP contribution in [0.4, 0.5) is 5.69 Å². The minimum Gasteiger partial charge on any atom is -0.495 e. The van der Waals surface area contributed by atoms with Gasteiger partial charge in [0.25, 0.3) is 0 Å². The highest BCUT2D eigenvalue weighted by atomic mass is 16.5. The Balaban J connectivity index is 1.93. The molecule has 1 heterocycles. The van der Waals surface area contributed by atoms with Crippen LogP contribution in [0.25, 0.3) is 0 Å². The zero-order valence-corrected chi connectivity index (χ0v) is 12.3. The van der Waals surface area contributed by atoms with Crippen molar-refractivity contribution in [3.8, 4) is 5.75 Å². The summed E-state index contributed by atoms with van der Waals surface area (Å²) in [5, 5.41) is 6.03. The van der Waals surface area contributed by atoms with Gasteiger partial charge in [-0.15, -0.1) is 0 Å². The number of nitrogens with zero attached hydrogens (tertiary/aromatic N) is 2. The molecule has 0 radical (unpaired) electrons. The predicted molar refractivity (Wildman–Crippen MR) is 81.2 cm³/mol. The van der Waals surface area contributed by atoms with Crippen molar-refractivity contribution in [3.63, 3.8) is 0 Å². The molecule has 0 unspecified atom stereocenters. The average molecular weight is 288 g/mol. The summed E-state index contributed by atoms with van der Waals surface area (Å²) >= 11 is 0. The number of imidazole rings is 1. The Morgan fingerprint density at radius 3 is 2.95 bits per heavy atom. The first-order valence-corrected chi connectivity index (χ1v) is 6.87. The summed E-state index contributed by atoms with van der Waals surface area (Å²) in [5.41, 5.74) is 1.58. The highest BCUT2D eigenvalue weighted by Crippen LogP contribution is 2.22.